The number of nitrogens with zero attached hydrogens (tertiary/aromatic N) is 7. The number of nitrogens with one attached hydrogen (secondary N) is 3. The van der Waals surface area contributed by atoms with Gasteiger partial charge in [0.15, 0.2) is 18.2 Å². The van der Waals surface area contributed by atoms with E-state index in [0.717, 1.165) is 67.6 Å². The molecule has 9 rings (SSSR count). The number of halogens is 2. The minimum atomic E-state index is -0.971. The van der Waals surface area contributed by atoms with Gasteiger partial charge in [0.1, 0.15) is 17.2 Å². The highest BCUT2D eigenvalue weighted by molar-refractivity contribution is 6.33. The number of piperidine rings is 3. The molecule has 5 aliphatic rings. The monoisotopic (exact) mass is 882 g/mol. The van der Waals surface area contributed by atoms with Crippen LogP contribution in [0.15, 0.2) is 53.5 Å². The van der Waals surface area contributed by atoms with E-state index in [1.807, 2.05) is 44.2 Å². The number of alkyl halides is 1. The molecule has 63 heavy (non-hydrogen) atoms. The summed E-state index contributed by atoms with van der Waals surface area (Å²) in [5.41, 5.74) is 3.03. The number of amides is 4. The molecule has 2 aromatic carbocycles. The van der Waals surface area contributed by atoms with Crippen molar-refractivity contribution in [2.45, 2.75) is 70.8 Å². The van der Waals surface area contributed by atoms with Crippen molar-refractivity contribution in [1.82, 2.24) is 35.0 Å². The average molecular weight is 883 g/mol. The van der Waals surface area contributed by atoms with E-state index < -0.39 is 23.5 Å². The van der Waals surface area contributed by atoms with Gasteiger partial charge < -0.3 is 39.5 Å². The Balaban J connectivity index is 0.784. The summed E-state index contributed by atoms with van der Waals surface area (Å²) >= 11 is 6.60. The number of pyridine rings is 1. The Kier molecular flexibility index (Phi) is 11.5. The predicted molar refractivity (Wildman–Crippen MR) is 237 cm³/mol. The third-order valence-electron chi connectivity index (χ3n) is 13.5. The molecule has 1 unspecified atom stereocenters. The number of carbonyl (C=O) groups excluding carboxylic acids is 4. The number of anilines is 4. The number of hydrogen-bond donors (Lipinski definition) is 3. The molecule has 18 heteroatoms. The molecule has 332 valence electrons. The number of imide groups is 1. The summed E-state index contributed by atoms with van der Waals surface area (Å²) in [6.45, 7) is 8.58. The summed E-state index contributed by atoms with van der Waals surface area (Å²) in [6.07, 6.45) is 3.73. The summed E-state index contributed by atoms with van der Waals surface area (Å²) in [5, 5.41) is 9.28. The zero-order valence-corrected chi connectivity index (χ0v) is 36.4. The maximum atomic E-state index is 16.2. The summed E-state index contributed by atoms with van der Waals surface area (Å²) in [6, 6.07) is 12.0. The van der Waals surface area contributed by atoms with Gasteiger partial charge in [-0.25, -0.2) is 9.37 Å². The number of aromatic nitrogens is 3. The van der Waals surface area contributed by atoms with Crippen molar-refractivity contribution < 1.29 is 28.3 Å². The Labute approximate surface area is 369 Å². The third kappa shape index (κ3) is 8.16. The number of benzene rings is 2. The molecule has 3 N–H and O–H groups in total. The van der Waals surface area contributed by atoms with Crippen LogP contribution in [0.4, 0.5) is 27.5 Å². The zero-order valence-electron chi connectivity index (χ0n) is 35.7. The van der Waals surface area contributed by atoms with Crippen LogP contribution in [-0.4, -0.2) is 120 Å². The topological polar surface area (TPSA) is 174 Å². The fraction of sp³-hybridized carbons (Fsp3) is 0.489. The lowest BCUT2D eigenvalue weighted by molar-refractivity contribution is -0.137. The first-order chi connectivity index (χ1) is 30.3. The van der Waals surface area contributed by atoms with Crippen LogP contribution in [0, 0.1) is 11.3 Å². The van der Waals surface area contributed by atoms with E-state index in [0.29, 0.717) is 66.6 Å². The highest BCUT2D eigenvalue weighted by atomic mass is 35.5. The molecule has 4 saturated heterocycles. The van der Waals surface area contributed by atoms with Gasteiger partial charge >= 0.3 is 0 Å². The van der Waals surface area contributed by atoms with Gasteiger partial charge in [-0.3, -0.25) is 29.3 Å². The number of hydrogen-bond acceptors (Lipinski definition) is 12. The molecule has 2 aromatic heterocycles. The fourth-order valence-electron chi connectivity index (χ4n) is 9.97. The molecule has 2 atom stereocenters. The van der Waals surface area contributed by atoms with E-state index in [1.165, 1.54) is 7.05 Å². The third-order valence-corrected chi connectivity index (χ3v) is 13.8. The van der Waals surface area contributed by atoms with Gasteiger partial charge in [0, 0.05) is 98.6 Å². The van der Waals surface area contributed by atoms with Crippen molar-refractivity contribution >= 4 is 69.3 Å². The smallest absolute Gasteiger partial charge is 0.293 e. The van der Waals surface area contributed by atoms with E-state index in [4.69, 9.17) is 21.3 Å². The Morgan fingerprint density at radius 3 is 2.57 bits per heavy atom. The van der Waals surface area contributed by atoms with Gasteiger partial charge in [0.05, 0.1) is 11.7 Å². The van der Waals surface area contributed by atoms with Crippen LogP contribution in [-0.2, 0) is 20.9 Å². The molecule has 4 amide bonds. The van der Waals surface area contributed by atoms with Crippen molar-refractivity contribution in [1.29, 1.82) is 0 Å². The minimum absolute atomic E-state index is 0.0805. The number of rotatable bonds is 11. The lowest BCUT2D eigenvalue weighted by Gasteiger charge is -2.57. The molecule has 0 bridgehead atoms. The predicted octanol–water partition coefficient (Wildman–Crippen LogP) is 4.42. The van der Waals surface area contributed by atoms with Crippen molar-refractivity contribution in [3.05, 3.63) is 75.2 Å². The Hall–Kier alpha value is -5.81. The number of ether oxygens (including phenoxy) is 1. The first kappa shape index (κ1) is 42.5. The summed E-state index contributed by atoms with van der Waals surface area (Å²) in [7, 11) is 1.51. The number of likely N-dealkylation sites (N-methyl/N-ethyl adjacent to an activating group) is 1. The standard InChI is InChI=1S/C45H52ClFN10O6/c1-26(2)57-33-8-7-29(17-28(33)18-36(43(57)62)63-23-39(59)48-3)50-40-32(46)19-49-44(52-40)54-14-11-27(12-15-54)20-53-16-13-45(37(47)22-53)24-55(25-45)34-6-4-5-30-31(34)21-56(42(30)61)35-9-10-38(58)51-41(35)60/h4-8,17-19,26-27,35,37H,9-16,20-25H2,1-3H3,(H,48,59)(H,49,50,52)(H,51,58,60)/t35-,37?/m1/s1. The molecule has 0 aliphatic carbocycles. The maximum absolute atomic E-state index is 16.2. The highest BCUT2D eigenvalue weighted by Crippen LogP contribution is 2.47. The lowest BCUT2D eigenvalue weighted by Crippen LogP contribution is -2.66. The molecule has 5 aliphatic heterocycles. The summed E-state index contributed by atoms with van der Waals surface area (Å²) < 4.78 is 23.4. The van der Waals surface area contributed by atoms with Gasteiger partial charge in [-0.15, -0.1) is 0 Å². The second-order valence-corrected chi connectivity index (χ2v) is 18.2. The number of carbonyl (C=O) groups is 4. The molecular weight excluding hydrogens is 831 g/mol. The molecule has 0 radical (unpaired) electrons. The van der Waals surface area contributed by atoms with Crippen LogP contribution in [0.25, 0.3) is 10.9 Å². The quantitative estimate of drug-likeness (QED) is 0.181. The number of fused-ring (bicyclic) bond motifs is 2. The normalized spacial score (nSPS) is 21.5. The second-order valence-electron chi connectivity index (χ2n) is 17.8. The summed E-state index contributed by atoms with van der Waals surface area (Å²) in [5.74, 6) is 0.207. The molecule has 7 heterocycles. The minimum Gasteiger partial charge on any atom is -0.478 e. The van der Waals surface area contributed by atoms with E-state index >= 15 is 4.39 Å². The largest absolute Gasteiger partial charge is 0.478 e. The van der Waals surface area contributed by atoms with Gasteiger partial charge in [0.25, 0.3) is 17.4 Å². The van der Waals surface area contributed by atoms with Crippen LogP contribution < -0.4 is 36.0 Å². The maximum Gasteiger partial charge on any atom is 0.293 e. The molecule has 4 fully saturated rings. The van der Waals surface area contributed by atoms with Crippen LogP contribution in [0.3, 0.4) is 0 Å². The lowest BCUT2D eigenvalue weighted by atomic mass is 9.70. The van der Waals surface area contributed by atoms with E-state index in [9.17, 15) is 24.0 Å². The Morgan fingerprint density at radius 2 is 1.84 bits per heavy atom. The van der Waals surface area contributed by atoms with Gasteiger partial charge in [0.2, 0.25) is 17.8 Å². The van der Waals surface area contributed by atoms with Crippen LogP contribution >= 0.6 is 11.6 Å². The summed E-state index contributed by atoms with van der Waals surface area (Å²) in [4.78, 5) is 80.3. The number of likely N-dealkylation sites (tertiary alicyclic amines) is 1. The van der Waals surface area contributed by atoms with E-state index in [2.05, 4.69) is 35.6 Å². The molecule has 4 aromatic rings. The highest BCUT2D eigenvalue weighted by Gasteiger charge is 2.53. The van der Waals surface area contributed by atoms with Crippen LogP contribution in [0.1, 0.15) is 67.9 Å². The van der Waals surface area contributed by atoms with Crippen LogP contribution in [0.5, 0.6) is 5.75 Å². The van der Waals surface area contributed by atoms with Crippen molar-refractivity contribution in [3.63, 3.8) is 0 Å². The van der Waals surface area contributed by atoms with Gasteiger partial charge in [-0.05, 0) is 88.4 Å². The van der Waals surface area contributed by atoms with Crippen LogP contribution in [0.2, 0.25) is 5.02 Å². The van der Waals surface area contributed by atoms with E-state index in [1.54, 1.807) is 27.8 Å². The second kappa shape index (κ2) is 17.1. The van der Waals surface area contributed by atoms with Crippen molar-refractivity contribution in [3.8, 4) is 5.75 Å². The fourth-order valence-corrected chi connectivity index (χ4v) is 10.1. The molecule has 16 nitrogen and oxygen atoms in total. The van der Waals surface area contributed by atoms with Gasteiger partial charge in [-0.1, -0.05) is 17.7 Å². The Bertz CT molecular complexity index is 2540. The zero-order chi connectivity index (χ0) is 44.2. The average Bonchev–Trinajstić information content (AvgIpc) is 3.59. The first-order valence-corrected chi connectivity index (χ1v) is 22.1. The Morgan fingerprint density at radius 1 is 1.05 bits per heavy atom. The molecule has 1 spiro atoms. The SMILES string of the molecule is CNC(=O)COc1cc2cc(Nc3nc(N4CCC(CN5CCC6(CN(c7cccc8c7CN([C@@H]7CCC(=O)NC7=O)C8=O)C6)C(F)C5)CC4)ncc3Cl)ccc2n(C(C)C)c1=O. The molecule has 0 saturated carbocycles. The van der Waals surface area contributed by atoms with Gasteiger partial charge in [-0.2, -0.15) is 4.98 Å². The molecular formula is C45H52ClFN10O6. The first-order valence-electron chi connectivity index (χ1n) is 21.8. The van der Waals surface area contributed by atoms with Crippen molar-refractivity contribution in [2.75, 3.05) is 74.6 Å². The van der Waals surface area contributed by atoms with E-state index in [-0.39, 0.29) is 48.1 Å². The van der Waals surface area contributed by atoms with Crippen molar-refractivity contribution in [2.24, 2.45) is 11.3 Å².